The molecule has 3 nitrogen and oxygen atoms in total. The zero-order valence-corrected chi connectivity index (χ0v) is 11.4. The monoisotopic (exact) mass is 249 g/mol. The highest BCUT2D eigenvalue weighted by atomic mass is 16.5. The van der Waals surface area contributed by atoms with Crippen molar-refractivity contribution in [2.75, 3.05) is 26.7 Å². The van der Waals surface area contributed by atoms with Crippen LogP contribution in [0.5, 0.6) is 5.75 Å². The average Bonchev–Trinajstić information content (AvgIpc) is 2.54. The summed E-state index contributed by atoms with van der Waals surface area (Å²) in [5.41, 5.74) is 0.344. The molecular formula is C15H23NO2. The minimum Gasteiger partial charge on any atom is -0.494 e. The lowest BCUT2D eigenvalue weighted by molar-refractivity contribution is 0.0218. The molecule has 1 fully saturated rings. The van der Waals surface area contributed by atoms with Crippen LogP contribution in [-0.2, 0) is 5.60 Å². The van der Waals surface area contributed by atoms with E-state index in [4.69, 9.17) is 4.74 Å². The molecule has 1 aliphatic rings. The largest absolute Gasteiger partial charge is 0.494 e. The molecule has 1 unspecified atom stereocenters. The van der Waals surface area contributed by atoms with E-state index in [0.717, 1.165) is 43.7 Å². The Labute approximate surface area is 109 Å². The van der Waals surface area contributed by atoms with Gasteiger partial charge in [-0.1, -0.05) is 12.1 Å². The number of aliphatic hydroxyl groups is 1. The first-order valence-corrected chi connectivity index (χ1v) is 6.78. The highest BCUT2D eigenvalue weighted by Crippen LogP contribution is 2.33. The zero-order valence-electron chi connectivity index (χ0n) is 11.4. The van der Waals surface area contributed by atoms with Gasteiger partial charge >= 0.3 is 0 Å². The van der Waals surface area contributed by atoms with E-state index in [1.807, 2.05) is 31.2 Å². The van der Waals surface area contributed by atoms with Crippen molar-refractivity contribution in [1.82, 2.24) is 4.90 Å². The summed E-state index contributed by atoms with van der Waals surface area (Å²) in [6.07, 6.45) is 2.68. The topological polar surface area (TPSA) is 32.7 Å². The molecule has 100 valence electrons. The Bertz CT molecular complexity index is 377. The van der Waals surface area contributed by atoms with E-state index in [-0.39, 0.29) is 0 Å². The van der Waals surface area contributed by atoms with E-state index in [9.17, 15) is 5.11 Å². The van der Waals surface area contributed by atoms with Gasteiger partial charge in [-0.15, -0.1) is 0 Å². The van der Waals surface area contributed by atoms with Crippen molar-refractivity contribution in [3.05, 3.63) is 29.8 Å². The van der Waals surface area contributed by atoms with E-state index in [1.54, 1.807) is 0 Å². The predicted octanol–water partition coefficient (Wildman–Crippen LogP) is 2.39. The summed E-state index contributed by atoms with van der Waals surface area (Å²) in [5, 5.41) is 10.8. The average molecular weight is 249 g/mol. The minimum absolute atomic E-state index is 0.671. The first-order valence-electron chi connectivity index (χ1n) is 6.78. The van der Waals surface area contributed by atoms with Crippen LogP contribution in [0.3, 0.4) is 0 Å². The van der Waals surface area contributed by atoms with Crippen LogP contribution in [0.2, 0.25) is 0 Å². The molecule has 1 aromatic carbocycles. The summed E-state index contributed by atoms with van der Waals surface area (Å²) in [6, 6.07) is 7.89. The van der Waals surface area contributed by atoms with Gasteiger partial charge in [0.05, 0.1) is 12.2 Å². The third-order valence-electron chi connectivity index (χ3n) is 3.74. The van der Waals surface area contributed by atoms with Gasteiger partial charge in [0.2, 0.25) is 0 Å². The molecule has 1 aromatic rings. The van der Waals surface area contributed by atoms with Gasteiger partial charge in [0.1, 0.15) is 5.75 Å². The van der Waals surface area contributed by atoms with Crippen LogP contribution in [0.4, 0.5) is 0 Å². The number of hydrogen-bond donors (Lipinski definition) is 1. The number of hydrogen-bond acceptors (Lipinski definition) is 3. The molecule has 3 heteroatoms. The smallest absolute Gasteiger partial charge is 0.119 e. The number of likely N-dealkylation sites (tertiary alicyclic amines) is 1. The fraction of sp³-hybridized carbons (Fsp3) is 0.600. The van der Waals surface area contributed by atoms with Gasteiger partial charge in [-0.05, 0) is 57.5 Å². The molecule has 1 aliphatic heterocycles. The third kappa shape index (κ3) is 3.03. The Balaban J connectivity index is 2.13. The maximum atomic E-state index is 10.8. The number of ether oxygens (including phenoxy) is 1. The molecule has 1 N–H and O–H groups in total. The van der Waals surface area contributed by atoms with E-state index in [0.29, 0.717) is 6.61 Å². The van der Waals surface area contributed by atoms with Crippen molar-refractivity contribution in [2.24, 2.45) is 0 Å². The molecular weight excluding hydrogens is 226 g/mol. The summed E-state index contributed by atoms with van der Waals surface area (Å²) < 4.78 is 5.43. The van der Waals surface area contributed by atoms with Crippen molar-refractivity contribution < 1.29 is 9.84 Å². The molecule has 0 aliphatic carbocycles. The van der Waals surface area contributed by atoms with Gasteiger partial charge in [0.15, 0.2) is 0 Å². The molecule has 0 bridgehead atoms. The normalized spacial score (nSPS) is 25.7. The SMILES string of the molecule is CCOc1ccc(C2(O)CCCN(C)CC2)cc1. The van der Waals surface area contributed by atoms with Gasteiger partial charge in [-0.25, -0.2) is 0 Å². The van der Waals surface area contributed by atoms with Crippen LogP contribution >= 0.6 is 0 Å². The molecule has 0 amide bonds. The molecule has 0 radical (unpaired) electrons. The lowest BCUT2D eigenvalue weighted by atomic mass is 9.87. The van der Waals surface area contributed by atoms with Crippen LogP contribution < -0.4 is 4.74 Å². The minimum atomic E-state index is -0.671. The zero-order chi connectivity index (χ0) is 13.0. The summed E-state index contributed by atoms with van der Waals surface area (Å²) >= 11 is 0. The Morgan fingerprint density at radius 2 is 1.94 bits per heavy atom. The van der Waals surface area contributed by atoms with Crippen LogP contribution in [0.15, 0.2) is 24.3 Å². The molecule has 2 rings (SSSR count). The highest BCUT2D eigenvalue weighted by Gasteiger charge is 2.31. The standard InChI is InChI=1S/C15H23NO2/c1-3-18-14-7-5-13(6-8-14)15(17)9-4-11-16(2)12-10-15/h5-8,17H,3-4,9-12H2,1-2H3. The van der Waals surface area contributed by atoms with E-state index in [1.165, 1.54) is 0 Å². The second-order valence-electron chi connectivity index (χ2n) is 5.15. The van der Waals surface area contributed by atoms with Crippen molar-refractivity contribution in [2.45, 2.75) is 31.8 Å². The molecule has 1 atom stereocenters. The lowest BCUT2D eigenvalue weighted by Crippen LogP contribution is -2.27. The number of benzene rings is 1. The fourth-order valence-corrected chi connectivity index (χ4v) is 2.57. The van der Waals surface area contributed by atoms with Crippen LogP contribution in [0.25, 0.3) is 0 Å². The Morgan fingerprint density at radius 3 is 2.61 bits per heavy atom. The summed E-state index contributed by atoms with van der Waals surface area (Å²) in [7, 11) is 2.12. The molecule has 0 spiro atoms. The first kappa shape index (κ1) is 13.4. The van der Waals surface area contributed by atoms with Gasteiger partial charge in [-0.2, -0.15) is 0 Å². The quantitative estimate of drug-likeness (QED) is 0.893. The number of rotatable bonds is 3. The molecule has 0 aromatic heterocycles. The van der Waals surface area contributed by atoms with Gasteiger partial charge < -0.3 is 14.7 Å². The van der Waals surface area contributed by atoms with Crippen molar-refractivity contribution in [3.8, 4) is 5.75 Å². The lowest BCUT2D eigenvalue weighted by Gasteiger charge is -2.27. The molecule has 1 saturated heterocycles. The highest BCUT2D eigenvalue weighted by molar-refractivity contribution is 5.31. The van der Waals surface area contributed by atoms with Gasteiger partial charge in [0.25, 0.3) is 0 Å². The summed E-state index contributed by atoms with van der Waals surface area (Å²) in [5.74, 6) is 0.871. The van der Waals surface area contributed by atoms with Gasteiger partial charge in [-0.3, -0.25) is 0 Å². The van der Waals surface area contributed by atoms with Crippen molar-refractivity contribution >= 4 is 0 Å². The maximum absolute atomic E-state index is 10.8. The van der Waals surface area contributed by atoms with E-state index < -0.39 is 5.60 Å². The molecule has 1 heterocycles. The summed E-state index contributed by atoms with van der Waals surface area (Å²) in [4.78, 5) is 2.28. The molecule has 0 saturated carbocycles. The number of nitrogens with zero attached hydrogens (tertiary/aromatic N) is 1. The third-order valence-corrected chi connectivity index (χ3v) is 3.74. The predicted molar refractivity (Wildman–Crippen MR) is 72.9 cm³/mol. The fourth-order valence-electron chi connectivity index (χ4n) is 2.57. The van der Waals surface area contributed by atoms with Crippen molar-refractivity contribution in [1.29, 1.82) is 0 Å². The Morgan fingerprint density at radius 1 is 1.22 bits per heavy atom. The van der Waals surface area contributed by atoms with E-state index in [2.05, 4.69) is 11.9 Å². The first-order chi connectivity index (χ1) is 8.64. The van der Waals surface area contributed by atoms with Gasteiger partial charge in [0, 0.05) is 6.54 Å². The Kier molecular flexibility index (Phi) is 4.25. The molecule has 18 heavy (non-hydrogen) atoms. The second kappa shape index (κ2) is 5.72. The van der Waals surface area contributed by atoms with Crippen LogP contribution in [0.1, 0.15) is 31.7 Å². The maximum Gasteiger partial charge on any atom is 0.119 e. The van der Waals surface area contributed by atoms with Crippen LogP contribution in [-0.4, -0.2) is 36.8 Å². The summed E-state index contributed by atoms with van der Waals surface area (Å²) in [6.45, 7) is 4.67. The van der Waals surface area contributed by atoms with E-state index >= 15 is 0 Å². The second-order valence-corrected chi connectivity index (χ2v) is 5.15. The van der Waals surface area contributed by atoms with Crippen molar-refractivity contribution in [3.63, 3.8) is 0 Å². The van der Waals surface area contributed by atoms with Crippen LogP contribution in [0, 0.1) is 0 Å². The Hall–Kier alpha value is -1.06.